The lowest BCUT2D eigenvalue weighted by Gasteiger charge is -2.30. The Labute approximate surface area is 185 Å². The fourth-order valence-electron chi connectivity index (χ4n) is 3.87. The highest BCUT2D eigenvalue weighted by atomic mass is 32.2. The number of amides is 1. The summed E-state index contributed by atoms with van der Waals surface area (Å²) in [7, 11) is -3.28. The van der Waals surface area contributed by atoms with Gasteiger partial charge in [-0.3, -0.25) is 4.79 Å². The van der Waals surface area contributed by atoms with E-state index in [2.05, 4.69) is 5.32 Å². The number of rotatable bonds is 10. The largest absolute Gasteiger partial charge is 0.494 e. The summed E-state index contributed by atoms with van der Waals surface area (Å²) in [5.41, 5.74) is 2.14. The van der Waals surface area contributed by atoms with Gasteiger partial charge in [0, 0.05) is 25.6 Å². The van der Waals surface area contributed by atoms with E-state index in [1.54, 1.807) is 4.31 Å². The summed E-state index contributed by atoms with van der Waals surface area (Å²) in [5, 5.41) is 2.98. The quantitative estimate of drug-likeness (QED) is 0.610. The van der Waals surface area contributed by atoms with Gasteiger partial charge < -0.3 is 10.1 Å². The van der Waals surface area contributed by atoms with Crippen molar-refractivity contribution in [3.63, 3.8) is 0 Å². The lowest BCUT2D eigenvalue weighted by molar-refractivity contribution is -0.126. The van der Waals surface area contributed by atoms with Crippen molar-refractivity contribution in [2.75, 3.05) is 25.4 Å². The molecule has 3 rings (SSSR count). The van der Waals surface area contributed by atoms with E-state index in [1.807, 2.05) is 61.5 Å². The van der Waals surface area contributed by atoms with Gasteiger partial charge in [0.2, 0.25) is 15.9 Å². The fourth-order valence-corrected chi connectivity index (χ4v) is 5.41. The van der Waals surface area contributed by atoms with Crippen LogP contribution >= 0.6 is 0 Å². The second-order valence-corrected chi connectivity index (χ2v) is 9.97. The van der Waals surface area contributed by atoms with Crippen molar-refractivity contribution in [3.8, 4) is 5.75 Å². The van der Waals surface area contributed by atoms with E-state index in [-0.39, 0.29) is 17.6 Å². The number of benzene rings is 2. The molecule has 2 aromatic carbocycles. The number of ether oxygens (including phenoxy) is 1. The Morgan fingerprint density at radius 3 is 2.48 bits per heavy atom. The number of nitrogens with one attached hydrogen (secondary N) is 1. The summed E-state index contributed by atoms with van der Waals surface area (Å²) in [6.45, 7) is 3.79. The first-order chi connectivity index (χ1) is 15.0. The molecule has 7 heteroatoms. The molecule has 0 unspecified atom stereocenters. The molecule has 1 saturated heterocycles. The molecule has 1 aliphatic heterocycles. The third kappa shape index (κ3) is 7.08. The van der Waals surface area contributed by atoms with Gasteiger partial charge in [0.05, 0.1) is 12.4 Å². The van der Waals surface area contributed by atoms with E-state index in [9.17, 15) is 13.2 Å². The van der Waals surface area contributed by atoms with Crippen LogP contribution in [0.25, 0.3) is 0 Å². The van der Waals surface area contributed by atoms with Crippen molar-refractivity contribution in [1.29, 1.82) is 0 Å². The SMILES string of the molecule is CCOc1cccc(CNC(=O)C2CCN(S(=O)(=O)CCCc3ccccc3)CC2)c1. The van der Waals surface area contributed by atoms with Gasteiger partial charge in [-0.1, -0.05) is 42.5 Å². The molecule has 0 saturated carbocycles. The van der Waals surface area contributed by atoms with Crippen molar-refractivity contribution in [2.45, 2.75) is 39.2 Å². The van der Waals surface area contributed by atoms with Gasteiger partial charge >= 0.3 is 0 Å². The van der Waals surface area contributed by atoms with Crippen molar-refractivity contribution in [2.24, 2.45) is 5.92 Å². The predicted octanol–water partition coefficient (Wildman–Crippen LogP) is 3.38. The minimum Gasteiger partial charge on any atom is -0.494 e. The Morgan fingerprint density at radius 1 is 1.06 bits per heavy atom. The molecule has 31 heavy (non-hydrogen) atoms. The van der Waals surface area contributed by atoms with Gasteiger partial charge in [0.15, 0.2) is 0 Å². The molecule has 1 aliphatic rings. The Balaban J connectivity index is 1.41. The molecule has 0 radical (unpaired) electrons. The fraction of sp³-hybridized carbons (Fsp3) is 0.458. The zero-order valence-corrected chi connectivity index (χ0v) is 18.9. The Morgan fingerprint density at radius 2 is 1.77 bits per heavy atom. The number of aryl methyl sites for hydroxylation is 1. The van der Waals surface area contributed by atoms with Crippen molar-refractivity contribution >= 4 is 15.9 Å². The van der Waals surface area contributed by atoms with Crippen LogP contribution in [0, 0.1) is 5.92 Å². The number of carbonyl (C=O) groups is 1. The first kappa shape index (κ1) is 23.3. The van der Waals surface area contributed by atoms with Crippen LogP contribution in [0.15, 0.2) is 54.6 Å². The van der Waals surface area contributed by atoms with Crippen LogP contribution in [0.2, 0.25) is 0 Å². The van der Waals surface area contributed by atoms with Crippen LogP contribution < -0.4 is 10.1 Å². The van der Waals surface area contributed by atoms with Crippen molar-refractivity contribution in [1.82, 2.24) is 9.62 Å². The second kappa shape index (κ2) is 11.3. The van der Waals surface area contributed by atoms with Gasteiger partial charge in [-0.05, 0) is 55.9 Å². The van der Waals surface area contributed by atoms with Crippen molar-refractivity contribution < 1.29 is 17.9 Å². The van der Waals surface area contributed by atoms with E-state index in [4.69, 9.17) is 4.74 Å². The van der Waals surface area contributed by atoms with Gasteiger partial charge in [0.1, 0.15) is 5.75 Å². The summed E-state index contributed by atoms with van der Waals surface area (Å²) in [6.07, 6.45) is 2.47. The number of nitrogens with zero attached hydrogens (tertiary/aromatic N) is 1. The summed E-state index contributed by atoms with van der Waals surface area (Å²) < 4.78 is 32.4. The number of sulfonamides is 1. The van der Waals surface area contributed by atoms with E-state index in [0.29, 0.717) is 45.5 Å². The maximum absolute atomic E-state index is 12.7. The molecule has 0 aromatic heterocycles. The highest BCUT2D eigenvalue weighted by Crippen LogP contribution is 2.21. The van der Waals surface area contributed by atoms with Crippen LogP contribution in [0.1, 0.15) is 37.3 Å². The first-order valence-corrected chi connectivity index (χ1v) is 12.6. The molecule has 6 nitrogen and oxygen atoms in total. The Hall–Kier alpha value is -2.38. The zero-order chi connectivity index (χ0) is 22.1. The molecule has 1 amide bonds. The maximum Gasteiger partial charge on any atom is 0.223 e. The standard InChI is InChI=1S/C24H32N2O4S/c1-2-30-23-12-6-10-21(18-23)19-25-24(27)22-13-15-26(16-14-22)31(28,29)17-7-11-20-8-4-3-5-9-20/h3-6,8-10,12,18,22H,2,7,11,13-17,19H2,1H3,(H,25,27). The zero-order valence-electron chi connectivity index (χ0n) is 18.1. The van der Waals surface area contributed by atoms with Gasteiger partial charge in [0.25, 0.3) is 0 Å². The molecule has 168 valence electrons. The topological polar surface area (TPSA) is 75.7 Å². The smallest absolute Gasteiger partial charge is 0.223 e. The number of hydrogen-bond donors (Lipinski definition) is 1. The van der Waals surface area contributed by atoms with Crippen LogP contribution in [0.5, 0.6) is 5.75 Å². The first-order valence-electron chi connectivity index (χ1n) is 11.0. The third-order valence-electron chi connectivity index (χ3n) is 5.60. The van der Waals surface area contributed by atoms with Gasteiger partial charge in [-0.2, -0.15) is 0 Å². The van der Waals surface area contributed by atoms with Crippen LogP contribution in [-0.4, -0.2) is 44.1 Å². The van der Waals surface area contributed by atoms with Gasteiger partial charge in [-0.15, -0.1) is 0 Å². The molecule has 0 aliphatic carbocycles. The predicted molar refractivity (Wildman–Crippen MR) is 122 cm³/mol. The molecule has 0 spiro atoms. The van der Waals surface area contributed by atoms with Crippen LogP contribution in [-0.2, 0) is 27.8 Å². The van der Waals surface area contributed by atoms with Crippen LogP contribution in [0.3, 0.4) is 0 Å². The second-order valence-electron chi connectivity index (χ2n) is 7.88. The Bertz CT molecular complexity index is 939. The molecular weight excluding hydrogens is 412 g/mol. The molecule has 1 fully saturated rings. The molecular formula is C24H32N2O4S. The minimum absolute atomic E-state index is 0.0112. The summed E-state index contributed by atoms with van der Waals surface area (Å²) in [6, 6.07) is 17.6. The monoisotopic (exact) mass is 444 g/mol. The minimum atomic E-state index is -3.28. The molecule has 1 N–H and O–H groups in total. The number of piperidine rings is 1. The van der Waals surface area contributed by atoms with E-state index >= 15 is 0 Å². The maximum atomic E-state index is 12.7. The number of carbonyl (C=O) groups excluding carboxylic acids is 1. The highest BCUT2D eigenvalue weighted by molar-refractivity contribution is 7.89. The van der Waals surface area contributed by atoms with Gasteiger partial charge in [-0.25, -0.2) is 12.7 Å². The summed E-state index contributed by atoms with van der Waals surface area (Å²) in [5.74, 6) is 0.781. The van der Waals surface area contributed by atoms with E-state index in [1.165, 1.54) is 0 Å². The van der Waals surface area contributed by atoms with Crippen LogP contribution in [0.4, 0.5) is 0 Å². The lowest BCUT2D eigenvalue weighted by Crippen LogP contribution is -2.43. The average Bonchev–Trinajstić information content (AvgIpc) is 2.79. The molecule has 1 heterocycles. The van der Waals surface area contributed by atoms with Crippen molar-refractivity contribution in [3.05, 3.63) is 65.7 Å². The van der Waals surface area contributed by atoms with E-state index in [0.717, 1.165) is 23.3 Å². The summed E-state index contributed by atoms with van der Waals surface area (Å²) >= 11 is 0. The number of hydrogen-bond acceptors (Lipinski definition) is 4. The van der Waals surface area contributed by atoms with E-state index < -0.39 is 10.0 Å². The molecule has 0 bridgehead atoms. The molecule has 0 atom stereocenters. The Kier molecular flexibility index (Phi) is 8.49. The lowest BCUT2D eigenvalue weighted by atomic mass is 9.97. The third-order valence-corrected chi connectivity index (χ3v) is 7.56. The highest BCUT2D eigenvalue weighted by Gasteiger charge is 2.30. The normalized spacial score (nSPS) is 15.5. The summed E-state index contributed by atoms with van der Waals surface area (Å²) in [4.78, 5) is 12.6. The molecule has 2 aromatic rings. The average molecular weight is 445 g/mol.